The lowest BCUT2D eigenvalue weighted by Crippen LogP contribution is -2.30. The van der Waals surface area contributed by atoms with E-state index in [1.165, 1.54) is 0 Å². The van der Waals surface area contributed by atoms with Gasteiger partial charge < -0.3 is 5.32 Å². The Morgan fingerprint density at radius 1 is 1.40 bits per heavy atom. The zero-order chi connectivity index (χ0) is 11.3. The average molecular weight is 227 g/mol. The van der Waals surface area contributed by atoms with Crippen LogP contribution < -0.4 is 5.32 Å². The molecule has 0 atom stereocenters. The molecule has 1 aromatic heterocycles. The van der Waals surface area contributed by atoms with E-state index in [4.69, 9.17) is 11.6 Å². The molecule has 0 saturated carbocycles. The normalized spacial score (nSPS) is 11.7. The topological polar surface area (TPSA) is 24.9 Å². The molecule has 0 spiro atoms. The van der Waals surface area contributed by atoms with Gasteiger partial charge in [0.05, 0.1) is 5.69 Å². The first kappa shape index (κ1) is 12.5. The summed E-state index contributed by atoms with van der Waals surface area (Å²) in [5, 5.41) is 3.37. The summed E-state index contributed by atoms with van der Waals surface area (Å²) >= 11 is 5.84. The van der Waals surface area contributed by atoms with Gasteiger partial charge in [0.15, 0.2) is 0 Å². The molecular weight excluding hydrogens is 208 g/mol. The molecule has 1 aromatic rings. The summed E-state index contributed by atoms with van der Waals surface area (Å²) in [7, 11) is 0. The van der Waals surface area contributed by atoms with Crippen molar-refractivity contribution in [2.24, 2.45) is 5.41 Å². The molecule has 84 valence electrons. The highest BCUT2D eigenvalue weighted by molar-refractivity contribution is 6.18. The van der Waals surface area contributed by atoms with Crippen molar-refractivity contribution in [3.05, 3.63) is 29.6 Å². The van der Waals surface area contributed by atoms with Gasteiger partial charge in [-0.3, -0.25) is 4.98 Å². The second-order valence-electron chi connectivity index (χ2n) is 4.67. The van der Waals surface area contributed by atoms with Crippen LogP contribution in [0.2, 0.25) is 0 Å². The van der Waals surface area contributed by atoms with E-state index in [1.807, 2.05) is 25.1 Å². The fourth-order valence-electron chi connectivity index (χ4n) is 1.27. The lowest BCUT2D eigenvalue weighted by atomic mass is 9.96. The van der Waals surface area contributed by atoms with Gasteiger partial charge in [-0.15, -0.1) is 11.6 Å². The number of aromatic nitrogens is 1. The Kier molecular flexibility index (Phi) is 4.55. The van der Waals surface area contributed by atoms with E-state index in [1.54, 1.807) is 0 Å². The van der Waals surface area contributed by atoms with E-state index >= 15 is 0 Å². The monoisotopic (exact) mass is 226 g/mol. The predicted octanol–water partition coefficient (Wildman–Crippen LogP) is 2.74. The van der Waals surface area contributed by atoms with Crippen molar-refractivity contribution >= 4 is 11.6 Å². The van der Waals surface area contributed by atoms with E-state index in [2.05, 4.69) is 24.1 Å². The second kappa shape index (κ2) is 5.47. The van der Waals surface area contributed by atoms with E-state index < -0.39 is 0 Å². The molecule has 0 radical (unpaired) electrons. The number of nitrogens with zero attached hydrogens (tertiary/aromatic N) is 1. The predicted molar refractivity (Wildman–Crippen MR) is 65.2 cm³/mol. The Labute approximate surface area is 97.1 Å². The zero-order valence-electron chi connectivity index (χ0n) is 9.68. The van der Waals surface area contributed by atoms with E-state index in [0.717, 1.165) is 24.5 Å². The van der Waals surface area contributed by atoms with Gasteiger partial charge in [-0.2, -0.15) is 0 Å². The van der Waals surface area contributed by atoms with E-state index in [9.17, 15) is 0 Å². The molecular formula is C12H19ClN2. The Bertz CT molecular complexity index is 310. The molecule has 0 aliphatic carbocycles. The molecule has 15 heavy (non-hydrogen) atoms. The molecule has 1 rings (SSSR count). The highest BCUT2D eigenvalue weighted by Crippen LogP contribution is 2.15. The minimum Gasteiger partial charge on any atom is -0.311 e. The van der Waals surface area contributed by atoms with Crippen molar-refractivity contribution in [3.8, 4) is 0 Å². The van der Waals surface area contributed by atoms with Gasteiger partial charge in [0.25, 0.3) is 0 Å². The van der Waals surface area contributed by atoms with Crippen molar-refractivity contribution in [2.45, 2.75) is 27.3 Å². The highest BCUT2D eigenvalue weighted by atomic mass is 35.5. The first-order chi connectivity index (χ1) is 7.03. The van der Waals surface area contributed by atoms with Crippen LogP contribution in [0, 0.1) is 12.3 Å². The molecule has 0 fully saturated rings. The van der Waals surface area contributed by atoms with Gasteiger partial charge in [0, 0.05) is 24.7 Å². The number of halogens is 1. The molecule has 0 bridgehead atoms. The quantitative estimate of drug-likeness (QED) is 0.781. The van der Waals surface area contributed by atoms with Crippen LogP contribution in [-0.2, 0) is 6.54 Å². The van der Waals surface area contributed by atoms with E-state index in [0.29, 0.717) is 5.88 Å². The first-order valence-electron chi connectivity index (χ1n) is 5.23. The smallest absolute Gasteiger partial charge is 0.0544 e. The van der Waals surface area contributed by atoms with Crippen molar-refractivity contribution in [1.82, 2.24) is 10.3 Å². The SMILES string of the molecule is Cc1cccc(CNCC(C)(C)CCl)n1. The zero-order valence-corrected chi connectivity index (χ0v) is 10.4. The maximum atomic E-state index is 5.84. The Hall–Kier alpha value is -0.600. The van der Waals surface area contributed by atoms with Crippen LogP contribution in [0.15, 0.2) is 18.2 Å². The van der Waals surface area contributed by atoms with Crippen molar-refractivity contribution in [3.63, 3.8) is 0 Å². The Morgan fingerprint density at radius 3 is 2.73 bits per heavy atom. The summed E-state index contributed by atoms with van der Waals surface area (Å²) in [5.41, 5.74) is 2.29. The summed E-state index contributed by atoms with van der Waals surface area (Å²) in [6.07, 6.45) is 0. The fourth-order valence-corrected chi connectivity index (χ4v) is 1.37. The number of hydrogen-bond donors (Lipinski definition) is 1. The lowest BCUT2D eigenvalue weighted by Gasteiger charge is -2.21. The third kappa shape index (κ3) is 4.63. The van der Waals surface area contributed by atoms with Gasteiger partial charge in [-0.1, -0.05) is 19.9 Å². The maximum absolute atomic E-state index is 5.84. The third-order valence-electron chi connectivity index (χ3n) is 2.22. The highest BCUT2D eigenvalue weighted by Gasteiger charge is 2.15. The number of nitrogens with one attached hydrogen (secondary N) is 1. The number of alkyl halides is 1. The van der Waals surface area contributed by atoms with Crippen molar-refractivity contribution in [1.29, 1.82) is 0 Å². The summed E-state index contributed by atoms with van der Waals surface area (Å²) in [4.78, 5) is 4.42. The summed E-state index contributed by atoms with van der Waals surface area (Å²) in [5.74, 6) is 0.668. The van der Waals surface area contributed by atoms with Crippen LogP contribution in [0.3, 0.4) is 0 Å². The molecule has 0 amide bonds. The first-order valence-corrected chi connectivity index (χ1v) is 5.76. The number of pyridine rings is 1. The molecule has 1 heterocycles. The standard InChI is InChI=1S/C12H19ClN2/c1-10-5-4-6-11(15-10)7-14-9-12(2,3)8-13/h4-6,14H,7-9H2,1-3H3. The van der Waals surface area contributed by atoms with Gasteiger partial charge >= 0.3 is 0 Å². The minimum atomic E-state index is 0.144. The largest absolute Gasteiger partial charge is 0.311 e. The molecule has 0 saturated heterocycles. The molecule has 0 aliphatic heterocycles. The summed E-state index contributed by atoms with van der Waals surface area (Å²) in [6.45, 7) is 8.02. The van der Waals surface area contributed by atoms with Gasteiger partial charge in [-0.25, -0.2) is 0 Å². The molecule has 0 aromatic carbocycles. The minimum absolute atomic E-state index is 0.144. The van der Waals surface area contributed by atoms with Crippen LogP contribution >= 0.6 is 11.6 Å². The van der Waals surface area contributed by atoms with E-state index in [-0.39, 0.29) is 5.41 Å². The number of aryl methyl sites for hydroxylation is 1. The third-order valence-corrected chi connectivity index (χ3v) is 2.94. The average Bonchev–Trinajstić information content (AvgIpc) is 2.18. The Morgan fingerprint density at radius 2 is 2.13 bits per heavy atom. The van der Waals surface area contributed by atoms with Crippen molar-refractivity contribution in [2.75, 3.05) is 12.4 Å². The molecule has 1 N–H and O–H groups in total. The maximum Gasteiger partial charge on any atom is 0.0544 e. The van der Waals surface area contributed by atoms with Crippen LogP contribution in [0.5, 0.6) is 0 Å². The van der Waals surface area contributed by atoms with Gasteiger partial charge in [0.1, 0.15) is 0 Å². The molecule has 0 aliphatic rings. The Balaban J connectivity index is 2.38. The fraction of sp³-hybridized carbons (Fsp3) is 0.583. The van der Waals surface area contributed by atoms with Crippen molar-refractivity contribution < 1.29 is 0 Å². The summed E-state index contributed by atoms with van der Waals surface area (Å²) in [6, 6.07) is 6.08. The molecule has 2 nitrogen and oxygen atoms in total. The van der Waals surface area contributed by atoms with Crippen LogP contribution in [0.4, 0.5) is 0 Å². The van der Waals surface area contributed by atoms with Gasteiger partial charge in [0.2, 0.25) is 0 Å². The van der Waals surface area contributed by atoms with Gasteiger partial charge in [-0.05, 0) is 24.5 Å². The number of rotatable bonds is 5. The van der Waals surface area contributed by atoms with Crippen LogP contribution in [0.25, 0.3) is 0 Å². The van der Waals surface area contributed by atoms with Crippen LogP contribution in [0.1, 0.15) is 25.2 Å². The second-order valence-corrected chi connectivity index (χ2v) is 4.94. The molecule has 0 unspecified atom stereocenters. The van der Waals surface area contributed by atoms with Crippen LogP contribution in [-0.4, -0.2) is 17.4 Å². The molecule has 3 heteroatoms. The lowest BCUT2D eigenvalue weighted by molar-refractivity contribution is 0.384. The summed E-state index contributed by atoms with van der Waals surface area (Å²) < 4.78 is 0. The number of hydrogen-bond acceptors (Lipinski definition) is 2.